The van der Waals surface area contributed by atoms with E-state index < -0.39 is 0 Å². The number of carbonyl (C=O) groups excluding carboxylic acids is 2. The Labute approximate surface area is 180 Å². The Balaban J connectivity index is 1.75. The number of rotatable bonds is 5. The average molecular weight is 418 g/mol. The Morgan fingerprint density at radius 3 is 2.40 bits per heavy atom. The number of carbonyl (C=O) groups is 2. The normalized spacial score (nSPS) is 13.9. The van der Waals surface area contributed by atoms with Crippen molar-refractivity contribution in [3.63, 3.8) is 0 Å². The second kappa shape index (κ2) is 8.13. The van der Waals surface area contributed by atoms with Gasteiger partial charge >= 0.3 is 0 Å². The third kappa shape index (κ3) is 3.84. The van der Waals surface area contributed by atoms with E-state index in [0.29, 0.717) is 16.2 Å². The molecule has 1 N–H and O–H groups in total. The van der Waals surface area contributed by atoms with Crippen LogP contribution in [0.1, 0.15) is 22.3 Å². The van der Waals surface area contributed by atoms with Crippen LogP contribution >= 0.6 is 11.6 Å². The first kappa shape index (κ1) is 19.9. The summed E-state index contributed by atoms with van der Waals surface area (Å²) in [4.78, 5) is 31.9. The maximum Gasteiger partial charge on any atom is 0.278 e. The highest BCUT2D eigenvalue weighted by atomic mass is 35.5. The molecule has 1 aliphatic rings. The molecule has 2 heterocycles. The minimum atomic E-state index is -0.368. The van der Waals surface area contributed by atoms with E-state index in [-0.39, 0.29) is 24.1 Å². The quantitative estimate of drug-likeness (QED) is 0.609. The number of nitrogens with one attached hydrogen (secondary N) is 1. The molecule has 5 nitrogen and oxygen atoms in total. The summed E-state index contributed by atoms with van der Waals surface area (Å²) in [6.07, 6.45) is 3.30. The van der Waals surface area contributed by atoms with Gasteiger partial charge in [0.25, 0.3) is 11.8 Å². The first-order valence-corrected chi connectivity index (χ1v) is 9.91. The van der Waals surface area contributed by atoms with Crippen LogP contribution < -0.4 is 5.32 Å². The van der Waals surface area contributed by atoms with Crippen molar-refractivity contribution in [2.45, 2.75) is 20.4 Å². The molecule has 2 aromatic carbocycles. The van der Waals surface area contributed by atoms with Crippen LogP contribution in [0.25, 0.3) is 5.57 Å². The Hall–Kier alpha value is -3.44. The molecule has 1 aliphatic heterocycles. The molecule has 0 aliphatic carbocycles. The van der Waals surface area contributed by atoms with Crippen molar-refractivity contribution < 1.29 is 9.59 Å². The molecule has 3 aromatic rings. The molecule has 0 atom stereocenters. The molecule has 2 amide bonds. The minimum Gasteiger partial charge on any atom is -0.350 e. The zero-order valence-electron chi connectivity index (χ0n) is 16.6. The first-order valence-electron chi connectivity index (χ1n) is 9.53. The fourth-order valence-corrected chi connectivity index (χ4v) is 3.48. The van der Waals surface area contributed by atoms with Gasteiger partial charge in [0.2, 0.25) is 0 Å². The Morgan fingerprint density at radius 2 is 1.73 bits per heavy atom. The highest BCUT2D eigenvalue weighted by molar-refractivity contribution is 6.36. The Kier molecular flexibility index (Phi) is 5.38. The molecule has 0 unspecified atom stereocenters. The summed E-state index contributed by atoms with van der Waals surface area (Å²) in [6, 6.07) is 16.4. The van der Waals surface area contributed by atoms with Crippen molar-refractivity contribution in [1.29, 1.82) is 0 Å². The predicted octanol–water partition coefficient (Wildman–Crippen LogP) is 4.74. The summed E-state index contributed by atoms with van der Waals surface area (Å²) in [5.74, 6) is -0.718. The fourth-order valence-electron chi connectivity index (χ4n) is 3.36. The van der Waals surface area contributed by atoms with Crippen LogP contribution in [0, 0.1) is 13.8 Å². The summed E-state index contributed by atoms with van der Waals surface area (Å²) in [5.41, 5.74) is 5.01. The molecular weight excluding hydrogens is 398 g/mol. The number of nitrogens with zero attached hydrogens (tertiary/aromatic N) is 2. The van der Waals surface area contributed by atoms with Gasteiger partial charge < -0.3 is 5.32 Å². The molecular formula is C24H20ClN3O2. The fraction of sp³-hybridized carbons (Fsp3) is 0.125. The van der Waals surface area contributed by atoms with E-state index in [1.807, 2.05) is 38.1 Å². The highest BCUT2D eigenvalue weighted by Gasteiger charge is 2.39. The molecule has 0 saturated carbocycles. The molecule has 30 heavy (non-hydrogen) atoms. The van der Waals surface area contributed by atoms with Gasteiger partial charge in [0.15, 0.2) is 0 Å². The third-order valence-corrected chi connectivity index (χ3v) is 5.39. The van der Waals surface area contributed by atoms with E-state index in [9.17, 15) is 9.59 Å². The number of benzene rings is 2. The number of hydrogen-bond acceptors (Lipinski definition) is 4. The maximum absolute atomic E-state index is 13.3. The van der Waals surface area contributed by atoms with Gasteiger partial charge in [-0.25, -0.2) is 0 Å². The second-order valence-corrected chi connectivity index (χ2v) is 7.68. The SMILES string of the molecule is Cc1ccc(NC2=C(c3ccc(Cl)cc3)C(=O)N(Cc3cccnc3)C2=O)cc1C. The molecule has 150 valence electrons. The first-order chi connectivity index (χ1) is 14.4. The van der Waals surface area contributed by atoms with E-state index in [4.69, 9.17) is 11.6 Å². The van der Waals surface area contributed by atoms with Crippen molar-refractivity contribution in [1.82, 2.24) is 9.88 Å². The van der Waals surface area contributed by atoms with Gasteiger partial charge in [0, 0.05) is 23.1 Å². The lowest BCUT2D eigenvalue weighted by atomic mass is 10.0. The van der Waals surface area contributed by atoms with Crippen LogP contribution in [0.3, 0.4) is 0 Å². The van der Waals surface area contributed by atoms with E-state index in [0.717, 1.165) is 22.4 Å². The van der Waals surface area contributed by atoms with Crippen LogP contribution in [0.5, 0.6) is 0 Å². The highest BCUT2D eigenvalue weighted by Crippen LogP contribution is 2.32. The molecule has 1 aromatic heterocycles. The van der Waals surface area contributed by atoms with E-state index in [2.05, 4.69) is 10.3 Å². The van der Waals surface area contributed by atoms with E-state index >= 15 is 0 Å². The van der Waals surface area contributed by atoms with Crippen LogP contribution in [0.15, 0.2) is 72.7 Å². The summed E-state index contributed by atoms with van der Waals surface area (Å²) in [5, 5.41) is 3.75. The summed E-state index contributed by atoms with van der Waals surface area (Å²) in [7, 11) is 0. The molecule has 0 spiro atoms. The lowest BCUT2D eigenvalue weighted by Gasteiger charge is -2.15. The van der Waals surface area contributed by atoms with Gasteiger partial charge in [-0.3, -0.25) is 19.5 Å². The maximum atomic E-state index is 13.3. The van der Waals surface area contributed by atoms with Gasteiger partial charge in [0.05, 0.1) is 12.1 Å². The zero-order valence-corrected chi connectivity index (χ0v) is 17.4. The van der Waals surface area contributed by atoms with Crippen LogP contribution in [0.2, 0.25) is 5.02 Å². The number of aryl methyl sites for hydroxylation is 2. The van der Waals surface area contributed by atoms with Crippen molar-refractivity contribution in [3.8, 4) is 0 Å². The molecule has 6 heteroatoms. The van der Waals surface area contributed by atoms with Crippen molar-refractivity contribution in [2.75, 3.05) is 5.32 Å². The van der Waals surface area contributed by atoms with E-state index in [1.54, 1.807) is 42.7 Å². The number of amides is 2. The lowest BCUT2D eigenvalue weighted by Crippen LogP contribution is -2.32. The Bertz CT molecular complexity index is 1150. The van der Waals surface area contributed by atoms with Gasteiger partial charge in [0.1, 0.15) is 5.70 Å². The molecule has 0 radical (unpaired) electrons. The topological polar surface area (TPSA) is 62.3 Å². The minimum absolute atomic E-state index is 0.153. The molecule has 0 saturated heterocycles. The number of aromatic nitrogens is 1. The Morgan fingerprint density at radius 1 is 0.967 bits per heavy atom. The standard InChI is InChI=1S/C24H20ClN3O2/c1-15-5-10-20(12-16(15)2)27-22-21(18-6-8-19(25)9-7-18)23(29)28(24(22)30)14-17-4-3-11-26-13-17/h3-13,27H,14H2,1-2H3. The molecule has 0 fully saturated rings. The zero-order chi connectivity index (χ0) is 21.3. The monoisotopic (exact) mass is 417 g/mol. The van der Waals surface area contributed by atoms with Crippen molar-refractivity contribution >= 4 is 34.7 Å². The van der Waals surface area contributed by atoms with Gasteiger partial charge in [-0.15, -0.1) is 0 Å². The number of anilines is 1. The van der Waals surface area contributed by atoms with Crippen molar-refractivity contribution in [3.05, 3.63) is 100.0 Å². The molecule has 4 rings (SSSR count). The number of hydrogen-bond donors (Lipinski definition) is 1. The summed E-state index contributed by atoms with van der Waals surface area (Å²) >= 11 is 6.02. The second-order valence-electron chi connectivity index (χ2n) is 7.24. The lowest BCUT2D eigenvalue weighted by molar-refractivity contribution is -0.137. The van der Waals surface area contributed by atoms with Gasteiger partial charge in [-0.1, -0.05) is 35.9 Å². The molecule has 0 bridgehead atoms. The number of halogens is 1. The third-order valence-electron chi connectivity index (χ3n) is 5.14. The average Bonchev–Trinajstić information content (AvgIpc) is 2.96. The number of imide groups is 1. The van der Waals surface area contributed by atoms with E-state index in [1.165, 1.54) is 4.90 Å². The van der Waals surface area contributed by atoms with Crippen LogP contribution in [-0.4, -0.2) is 21.7 Å². The largest absolute Gasteiger partial charge is 0.350 e. The van der Waals surface area contributed by atoms with Gasteiger partial charge in [-0.05, 0) is 66.4 Å². The van der Waals surface area contributed by atoms with Crippen molar-refractivity contribution in [2.24, 2.45) is 0 Å². The van der Waals surface area contributed by atoms with Crippen LogP contribution in [-0.2, 0) is 16.1 Å². The summed E-state index contributed by atoms with van der Waals surface area (Å²) in [6.45, 7) is 4.18. The summed E-state index contributed by atoms with van der Waals surface area (Å²) < 4.78 is 0. The smallest absolute Gasteiger partial charge is 0.278 e. The predicted molar refractivity (Wildman–Crippen MR) is 118 cm³/mol. The number of pyridine rings is 1. The van der Waals surface area contributed by atoms with Gasteiger partial charge in [-0.2, -0.15) is 0 Å². The van der Waals surface area contributed by atoms with Crippen LogP contribution in [0.4, 0.5) is 5.69 Å².